The van der Waals surface area contributed by atoms with Gasteiger partial charge in [-0.25, -0.2) is 0 Å². The van der Waals surface area contributed by atoms with Crippen molar-refractivity contribution < 1.29 is 9.53 Å². The molecule has 0 aliphatic rings. The normalized spacial score (nSPS) is 12.5. The van der Waals surface area contributed by atoms with Gasteiger partial charge in [0.1, 0.15) is 0 Å². The lowest BCUT2D eigenvalue weighted by atomic mass is 10.1. The maximum Gasteiger partial charge on any atom is 0.289 e. The number of primary amides is 1. The molecule has 0 saturated heterocycles. The van der Waals surface area contributed by atoms with Gasteiger partial charge in [0.05, 0.1) is 0 Å². The van der Waals surface area contributed by atoms with Crippen molar-refractivity contribution >= 4 is 12.1 Å². The van der Waals surface area contributed by atoms with Gasteiger partial charge in [-0.1, -0.05) is 18.2 Å². The van der Waals surface area contributed by atoms with E-state index in [1.807, 2.05) is 18.2 Å². The van der Waals surface area contributed by atoms with E-state index in [2.05, 4.69) is 0 Å². The van der Waals surface area contributed by atoms with E-state index in [4.69, 9.17) is 5.73 Å². The van der Waals surface area contributed by atoms with Crippen LogP contribution in [0.1, 0.15) is 19.4 Å². The minimum Gasteiger partial charge on any atom is -0.623 e. The van der Waals surface area contributed by atoms with Crippen molar-refractivity contribution in [3.05, 3.63) is 41.1 Å². The summed E-state index contributed by atoms with van der Waals surface area (Å²) >= 11 is 0. The molecule has 0 unspecified atom stereocenters. The van der Waals surface area contributed by atoms with Gasteiger partial charge in [0.25, 0.3) is 5.91 Å². The number of carbonyl (C=O) groups is 1. The predicted octanol–water partition coefficient (Wildman–Crippen LogP) is 0.880. The molecule has 0 fully saturated rings. The van der Waals surface area contributed by atoms with Crippen LogP contribution < -0.4 is 5.73 Å². The summed E-state index contributed by atoms with van der Waals surface area (Å²) in [5.74, 6) is -0.648. The SMILES string of the molecule is CC(C)(C(N)=O)/[N+]([O-])=C\c1ccccc1. The Labute approximate surface area is 88.6 Å². The van der Waals surface area contributed by atoms with E-state index < -0.39 is 11.4 Å². The minimum atomic E-state index is -1.23. The Morgan fingerprint density at radius 2 is 1.93 bits per heavy atom. The van der Waals surface area contributed by atoms with E-state index in [1.165, 1.54) is 20.1 Å². The number of hydrogen-bond donors (Lipinski definition) is 1. The fourth-order valence-electron chi connectivity index (χ4n) is 0.944. The minimum absolute atomic E-state index is 0.574. The van der Waals surface area contributed by atoms with Gasteiger partial charge in [0.15, 0.2) is 6.21 Å². The van der Waals surface area contributed by atoms with Crippen molar-refractivity contribution in [2.24, 2.45) is 5.73 Å². The fraction of sp³-hybridized carbons (Fsp3) is 0.273. The van der Waals surface area contributed by atoms with Gasteiger partial charge in [-0.15, -0.1) is 0 Å². The van der Waals surface area contributed by atoms with E-state index in [-0.39, 0.29) is 0 Å². The lowest BCUT2D eigenvalue weighted by molar-refractivity contribution is -0.517. The predicted molar refractivity (Wildman–Crippen MR) is 58.5 cm³/mol. The largest absolute Gasteiger partial charge is 0.623 e. The molecule has 1 aromatic rings. The summed E-state index contributed by atoms with van der Waals surface area (Å²) in [7, 11) is 0. The van der Waals surface area contributed by atoms with Crippen LogP contribution in [0.4, 0.5) is 0 Å². The number of hydrogen-bond acceptors (Lipinski definition) is 2. The van der Waals surface area contributed by atoms with Crippen molar-refractivity contribution in [1.82, 2.24) is 0 Å². The van der Waals surface area contributed by atoms with Gasteiger partial charge < -0.3 is 10.9 Å². The summed E-state index contributed by atoms with van der Waals surface area (Å²) in [6.45, 7) is 2.98. The molecule has 0 saturated carbocycles. The summed E-state index contributed by atoms with van der Waals surface area (Å²) in [4.78, 5) is 11.0. The van der Waals surface area contributed by atoms with Gasteiger partial charge in [-0.2, -0.15) is 4.74 Å². The Morgan fingerprint density at radius 3 is 2.40 bits per heavy atom. The van der Waals surface area contributed by atoms with Crippen molar-refractivity contribution in [3.8, 4) is 0 Å². The molecule has 0 aromatic heterocycles. The molecule has 15 heavy (non-hydrogen) atoms. The van der Waals surface area contributed by atoms with Crippen LogP contribution in [0.15, 0.2) is 30.3 Å². The molecule has 2 N–H and O–H groups in total. The van der Waals surface area contributed by atoms with Crippen LogP contribution in [0.25, 0.3) is 0 Å². The van der Waals surface area contributed by atoms with Crippen LogP contribution in [0.3, 0.4) is 0 Å². The van der Waals surface area contributed by atoms with E-state index in [0.717, 1.165) is 5.56 Å². The van der Waals surface area contributed by atoms with Crippen molar-refractivity contribution in [1.29, 1.82) is 0 Å². The lowest BCUT2D eigenvalue weighted by Gasteiger charge is -2.19. The highest BCUT2D eigenvalue weighted by atomic mass is 16.5. The summed E-state index contributed by atoms with van der Waals surface area (Å²) in [6, 6.07) is 9.05. The van der Waals surface area contributed by atoms with E-state index in [1.54, 1.807) is 12.1 Å². The topological polar surface area (TPSA) is 69.2 Å². The molecule has 1 rings (SSSR count). The van der Waals surface area contributed by atoms with E-state index in [9.17, 15) is 10.0 Å². The Hall–Kier alpha value is -1.84. The molecule has 0 heterocycles. The molecule has 1 aromatic carbocycles. The molecule has 4 heteroatoms. The molecular formula is C11H14N2O2. The first-order valence-electron chi connectivity index (χ1n) is 4.61. The number of rotatable bonds is 3. The highest BCUT2D eigenvalue weighted by Gasteiger charge is 2.33. The van der Waals surface area contributed by atoms with Crippen LogP contribution in [0.2, 0.25) is 0 Å². The first kappa shape index (κ1) is 11.2. The Kier molecular flexibility index (Phi) is 3.09. The van der Waals surface area contributed by atoms with Crippen LogP contribution in [0, 0.1) is 5.21 Å². The molecule has 4 nitrogen and oxygen atoms in total. The number of nitrogens with zero attached hydrogens (tertiary/aromatic N) is 1. The Morgan fingerprint density at radius 1 is 1.40 bits per heavy atom. The zero-order valence-corrected chi connectivity index (χ0v) is 8.81. The summed E-state index contributed by atoms with van der Waals surface area (Å²) in [5.41, 5.74) is 4.64. The van der Waals surface area contributed by atoms with Crippen molar-refractivity contribution in [2.45, 2.75) is 19.4 Å². The molecule has 0 spiro atoms. The third kappa shape index (κ3) is 2.56. The third-order valence-electron chi connectivity index (χ3n) is 2.22. The van der Waals surface area contributed by atoms with Crippen LogP contribution in [-0.2, 0) is 4.79 Å². The second-order valence-electron chi connectivity index (χ2n) is 3.79. The van der Waals surface area contributed by atoms with Crippen molar-refractivity contribution in [3.63, 3.8) is 0 Å². The summed E-state index contributed by atoms with van der Waals surface area (Å²) in [6.07, 6.45) is 1.35. The number of benzene rings is 1. The van der Waals surface area contributed by atoms with Crippen LogP contribution in [0.5, 0.6) is 0 Å². The highest BCUT2D eigenvalue weighted by molar-refractivity contribution is 5.84. The molecule has 0 radical (unpaired) electrons. The summed E-state index contributed by atoms with van der Waals surface area (Å²) in [5, 5.41) is 11.6. The van der Waals surface area contributed by atoms with Crippen LogP contribution in [-0.4, -0.2) is 22.4 Å². The second kappa shape index (κ2) is 4.13. The molecule has 80 valence electrons. The molecule has 0 aliphatic carbocycles. The number of hydroxylamine groups is 1. The molecule has 0 aliphatic heterocycles. The average Bonchev–Trinajstić information content (AvgIpc) is 2.18. The molecule has 0 atom stereocenters. The standard InChI is InChI=1S/C11H14N2O2/c1-11(2,10(12)14)13(15)8-9-6-4-3-5-7-9/h3-8H,1-2H3,(H2,12,14)/b13-8+. The van der Waals surface area contributed by atoms with Gasteiger partial charge in [-0.05, 0) is 12.1 Å². The van der Waals surface area contributed by atoms with Crippen molar-refractivity contribution in [2.75, 3.05) is 0 Å². The van der Waals surface area contributed by atoms with Gasteiger partial charge in [0.2, 0.25) is 5.54 Å². The number of nitrogens with two attached hydrogens (primary N) is 1. The second-order valence-corrected chi connectivity index (χ2v) is 3.79. The Bertz CT molecular complexity index is 383. The zero-order valence-electron chi connectivity index (χ0n) is 8.81. The van der Waals surface area contributed by atoms with Gasteiger partial charge in [0, 0.05) is 19.4 Å². The fourth-order valence-corrected chi connectivity index (χ4v) is 0.944. The van der Waals surface area contributed by atoms with Gasteiger partial charge in [-0.3, -0.25) is 4.79 Å². The lowest BCUT2D eigenvalue weighted by Crippen LogP contribution is -2.46. The maximum atomic E-state index is 11.6. The molecular weight excluding hydrogens is 192 g/mol. The first-order chi connectivity index (χ1) is 6.94. The van der Waals surface area contributed by atoms with E-state index >= 15 is 0 Å². The number of carbonyl (C=O) groups excluding carboxylic acids is 1. The van der Waals surface area contributed by atoms with E-state index in [0.29, 0.717) is 4.74 Å². The Balaban J connectivity index is 2.99. The third-order valence-corrected chi connectivity index (χ3v) is 2.22. The maximum absolute atomic E-state index is 11.6. The van der Waals surface area contributed by atoms with Crippen LogP contribution >= 0.6 is 0 Å². The zero-order chi connectivity index (χ0) is 11.5. The average molecular weight is 206 g/mol. The smallest absolute Gasteiger partial charge is 0.289 e. The number of amides is 1. The monoisotopic (exact) mass is 206 g/mol. The first-order valence-corrected chi connectivity index (χ1v) is 4.61. The van der Waals surface area contributed by atoms with Gasteiger partial charge >= 0.3 is 0 Å². The summed E-state index contributed by atoms with van der Waals surface area (Å²) < 4.78 is 0.574. The molecule has 1 amide bonds. The highest BCUT2D eigenvalue weighted by Crippen LogP contribution is 2.07. The molecule has 0 bridgehead atoms. The quantitative estimate of drug-likeness (QED) is 0.345.